The SMILES string of the molecule is c1ccc(-c2cc(-c3cccc4oc5ccc(-c6nc7ccccc7o6)cc5c34)nc(-c3ccccc3)n2)cc1.c1ccc(-c2ccc(-c3cc(-c4cccc(-c5ccccc5)c4)nc(-c4cccc5oc6ccc(-c7nc8ccccc8o7)cc6c45)n3)cc2)cc1.c1ccc(-c2ccc(-c3cc(-c4cccc5oc6ccc(-c7nc8ccccc8o7)cc6c45)nc(-c4ccccc4)n3)cc2)cc1. The number of fused-ring (bicyclic) bond motifs is 12. The van der Waals surface area contributed by atoms with Crippen LogP contribution in [-0.4, -0.2) is 44.9 Å². The summed E-state index contributed by atoms with van der Waals surface area (Å²) >= 11 is 0. The van der Waals surface area contributed by atoms with Crippen LogP contribution in [0.5, 0.6) is 0 Å². The molecule has 0 unspecified atom stereocenters. The summed E-state index contributed by atoms with van der Waals surface area (Å²) in [5.74, 6) is 3.67. The molecule has 0 N–H and O–H groups in total. The van der Waals surface area contributed by atoms with Gasteiger partial charge in [0.1, 0.15) is 50.0 Å². The topological polar surface area (TPSA) is 195 Å². The average Bonchev–Trinajstić information content (AvgIpc) is 1.63. The van der Waals surface area contributed by atoms with Gasteiger partial charge in [-0.1, -0.05) is 322 Å². The van der Waals surface area contributed by atoms with Gasteiger partial charge in [0.25, 0.3) is 0 Å². The molecule has 648 valence electrons. The van der Waals surface area contributed by atoms with Crippen molar-refractivity contribution in [2.45, 2.75) is 0 Å². The number of rotatable bonds is 15. The van der Waals surface area contributed by atoms with Gasteiger partial charge in [0.2, 0.25) is 17.7 Å². The van der Waals surface area contributed by atoms with E-state index in [9.17, 15) is 0 Å². The fourth-order valence-corrected chi connectivity index (χ4v) is 18.3. The van der Waals surface area contributed by atoms with Crippen LogP contribution in [0.3, 0.4) is 0 Å². The van der Waals surface area contributed by atoms with Crippen LogP contribution >= 0.6 is 0 Å². The molecule has 0 aliphatic rings. The number of aromatic nitrogens is 9. The second-order valence-electron chi connectivity index (χ2n) is 33.8. The maximum atomic E-state index is 6.41. The van der Waals surface area contributed by atoms with E-state index in [0.717, 1.165) is 222 Å². The van der Waals surface area contributed by atoms with E-state index in [1.165, 1.54) is 11.1 Å². The fourth-order valence-electron chi connectivity index (χ4n) is 18.3. The van der Waals surface area contributed by atoms with Crippen LogP contribution in [0, 0.1) is 0 Å². The minimum absolute atomic E-state index is 0.563. The average molecular weight is 1780 g/mol. The van der Waals surface area contributed by atoms with Crippen LogP contribution in [0.2, 0.25) is 0 Å². The van der Waals surface area contributed by atoms with Gasteiger partial charge in [0, 0.05) is 99.1 Å². The third kappa shape index (κ3) is 15.7. The van der Waals surface area contributed by atoms with Crippen molar-refractivity contribution < 1.29 is 26.5 Å². The second kappa shape index (κ2) is 35.0. The Labute approximate surface area is 789 Å². The Morgan fingerprint density at radius 2 is 0.384 bits per heavy atom. The Kier molecular flexibility index (Phi) is 20.5. The summed E-state index contributed by atoms with van der Waals surface area (Å²) in [4.78, 5) is 44.9. The molecule has 0 radical (unpaired) electrons. The summed E-state index contributed by atoms with van der Waals surface area (Å²) in [6.45, 7) is 0. The van der Waals surface area contributed by atoms with Crippen LogP contribution in [0.1, 0.15) is 0 Å². The lowest BCUT2D eigenvalue weighted by Gasteiger charge is -2.12. The zero-order chi connectivity index (χ0) is 91.4. The highest BCUT2D eigenvalue weighted by atomic mass is 16.4. The van der Waals surface area contributed by atoms with Crippen molar-refractivity contribution in [3.8, 4) is 169 Å². The summed E-state index contributed by atoms with van der Waals surface area (Å²) in [7, 11) is 0. The van der Waals surface area contributed by atoms with Gasteiger partial charge >= 0.3 is 0 Å². The van der Waals surface area contributed by atoms with Crippen molar-refractivity contribution in [1.29, 1.82) is 0 Å². The number of para-hydroxylation sites is 6. The molecular weight excluding hydrogens is 1700 g/mol. The molecule has 0 bridgehead atoms. The van der Waals surface area contributed by atoms with E-state index in [1.807, 2.05) is 243 Å². The molecule has 27 rings (SSSR count). The zero-order valence-corrected chi connectivity index (χ0v) is 73.8. The molecule has 27 aromatic rings. The molecule has 15 nitrogen and oxygen atoms in total. The third-order valence-electron chi connectivity index (χ3n) is 25.1. The Morgan fingerprint density at radius 1 is 0.130 bits per heavy atom. The first kappa shape index (κ1) is 81.0. The van der Waals surface area contributed by atoms with Gasteiger partial charge in [-0.05, 0) is 167 Å². The quantitative estimate of drug-likeness (QED) is 0.0939. The highest BCUT2D eigenvalue weighted by Crippen LogP contribution is 2.46. The van der Waals surface area contributed by atoms with E-state index >= 15 is 0 Å². The number of furan rings is 3. The van der Waals surface area contributed by atoms with Crippen LogP contribution in [0.4, 0.5) is 0 Å². The highest BCUT2D eigenvalue weighted by molar-refractivity contribution is 6.16. The molecule has 0 saturated carbocycles. The summed E-state index contributed by atoms with van der Waals surface area (Å²) < 4.78 is 37.4. The largest absolute Gasteiger partial charge is 0.456 e. The fraction of sp³-hybridized carbons (Fsp3) is 0. The highest BCUT2D eigenvalue weighted by Gasteiger charge is 2.25. The van der Waals surface area contributed by atoms with E-state index in [-0.39, 0.29) is 0 Å². The van der Waals surface area contributed by atoms with Gasteiger partial charge in [-0.3, -0.25) is 0 Å². The molecule has 9 aromatic heterocycles. The minimum Gasteiger partial charge on any atom is -0.456 e. The Balaban J connectivity index is 0.000000111. The zero-order valence-electron chi connectivity index (χ0n) is 73.8. The predicted molar refractivity (Wildman–Crippen MR) is 552 cm³/mol. The Morgan fingerprint density at radius 3 is 0.768 bits per heavy atom. The van der Waals surface area contributed by atoms with Gasteiger partial charge < -0.3 is 26.5 Å². The molecule has 138 heavy (non-hydrogen) atoms. The van der Waals surface area contributed by atoms with Crippen molar-refractivity contribution in [3.63, 3.8) is 0 Å². The molecular formula is C123H75N9O6. The number of benzene rings is 18. The van der Waals surface area contributed by atoms with Crippen molar-refractivity contribution >= 4 is 99.1 Å². The standard InChI is InChI=1S/C47H29N3O2.C41H25N3O2.C35H21N3O2/c1-3-11-30(12-4-1)32-21-23-33(24-22-32)40-29-41(35-16-9-15-34(27-35)31-13-5-2-6-14-31)49-46(48-40)37-17-10-20-44-45(37)38-28-36(25-26-42(38)51-44)47-50-39-18-7-8-19-43(39)52-47;1-3-10-26(11-4-1)27-18-20-28(21-19-27)34-25-35(43-40(42-34)29-12-5-2-6-13-29)31-14-9-17-38-39(31)32-24-30(22-23-36(32)45-38)41-44-33-15-7-8-16-37(33)46-41;1-3-10-22(11-4-1)28-21-29(37-34(36-28)23-12-5-2-6-13-23)25-14-9-17-32-33(25)26-20-24(18-19-30(26)39-32)35-38-27-15-7-8-16-31(27)40-35/h1-29H;1-25H;1-21H. The predicted octanol–water partition coefficient (Wildman–Crippen LogP) is 32.6. The first-order valence-electron chi connectivity index (χ1n) is 45.6. The number of nitrogens with zero attached hydrogens (tertiary/aromatic N) is 9. The monoisotopic (exact) mass is 1770 g/mol. The van der Waals surface area contributed by atoms with Crippen molar-refractivity contribution in [3.05, 3.63) is 455 Å². The molecule has 0 amide bonds. The number of hydrogen-bond acceptors (Lipinski definition) is 15. The van der Waals surface area contributed by atoms with Crippen LogP contribution in [0.15, 0.2) is 481 Å². The smallest absolute Gasteiger partial charge is 0.227 e. The van der Waals surface area contributed by atoms with Crippen LogP contribution in [-0.2, 0) is 0 Å². The van der Waals surface area contributed by atoms with E-state index in [1.54, 1.807) is 0 Å². The van der Waals surface area contributed by atoms with Gasteiger partial charge in [-0.25, -0.2) is 44.9 Å². The third-order valence-corrected chi connectivity index (χ3v) is 25.1. The van der Waals surface area contributed by atoms with Crippen LogP contribution in [0.25, 0.3) is 269 Å². The minimum atomic E-state index is 0.563. The lowest BCUT2D eigenvalue weighted by atomic mass is 9.99. The molecule has 0 aliphatic carbocycles. The van der Waals surface area contributed by atoms with Crippen molar-refractivity contribution in [2.75, 3.05) is 0 Å². The van der Waals surface area contributed by atoms with Gasteiger partial charge in [0.15, 0.2) is 34.2 Å². The van der Waals surface area contributed by atoms with Gasteiger partial charge in [-0.15, -0.1) is 0 Å². The normalized spacial score (nSPS) is 11.5. The first-order valence-corrected chi connectivity index (χ1v) is 45.6. The van der Waals surface area contributed by atoms with Crippen LogP contribution < -0.4 is 0 Å². The molecule has 0 atom stereocenters. The van der Waals surface area contributed by atoms with Gasteiger partial charge in [-0.2, -0.15) is 0 Å². The van der Waals surface area contributed by atoms with E-state index in [0.29, 0.717) is 35.1 Å². The summed E-state index contributed by atoms with van der Waals surface area (Å²) in [5.41, 5.74) is 32.9. The van der Waals surface area contributed by atoms with E-state index in [2.05, 4.69) is 212 Å². The first-order chi connectivity index (χ1) is 68.3. The maximum absolute atomic E-state index is 6.41. The molecule has 0 spiro atoms. The number of hydrogen-bond donors (Lipinski definition) is 0. The summed E-state index contributed by atoms with van der Waals surface area (Å²) in [5, 5.41) is 5.81. The molecule has 0 aliphatic heterocycles. The van der Waals surface area contributed by atoms with Gasteiger partial charge in [0.05, 0.1) is 34.2 Å². The van der Waals surface area contributed by atoms with E-state index in [4.69, 9.17) is 71.4 Å². The molecule has 0 fully saturated rings. The van der Waals surface area contributed by atoms with E-state index < -0.39 is 0 Å². The summed E-state index contributed by atoms with van der Waals surface area (Å²) in [6.07, 6.45) is 0. The number of oxazole rings is 3. The molecule has 0 saturated heterocycles. The molecule has 9 heterocycles. The molecule has 18 aromatic carbocycles. The Bertz CT molecular complexity index is 9110. The summed E-state index contributed by atoms with van der Waals surface area (Å²) in [6, 6.07) is 153. The lowest BCUT2D eigenvalue weighted by Crippen LogP contribution is -1.96. The lowest BCUT2D eigenvalue weighted by molar-refractivity contribution is 0.619. The maximum Gasteiger partial charge on any atom is 0.227 e. The van der Waals surface area contributed by atoms with Crippen molar-refractivity contribution in [1.82, 2.24) is 44.9 Å². The second-order valence-corrected chi connectivity index (χ2v) is 33.8. The molecule has 15 heteroatoms. The van der Waals surface area contributed by atoms with Crippen molar-refractivity contribution in [2.24, 2.45) is 0 Å². The Hall–Kier alpha value is -19.0.